The third-order valence-corrected chi connectivity index (χ3v) is 5.97. The molecule has 0 aliphatic carbocycles. The van der Waals surface area contributed by atoms with Crippen molar-refractivity contribution in [3.63, 3.8) is 0 Å². The fraction of sp³-hybridized carbons (Fsp3) is 0.148. The first kappa shape index (κ1) is 19.9. The van der Waals surface area contributed by atoms with Crippen molar-refractivity contribution in [3.8, 4) is 11.3 Å². The first-order chi connectivity index (χ1) is 15.5. The van der Waals surface area contributed by atoms with Crippen molar-refractivity contribution < 1.29 is 4.79 Å². The molecule has 5 nitrogen and oxygen atoms in total. The first-order valence-corrected chi connectivity index (χ1v) is 10.7. The smallest absolute Gasteiger partial charge is 0.230 e. The fourth-order valence-corrected chi connectivity index (χ4v) is 4.29. The number of imidazole rings is 1. The maximum atomic E-state index is 13.3. The number of carbonyl (C=O) groups excluding carboxylic acids is 1. The molecule has 0 unspecified atom stereocenters. The van der Waals surface area contributed by atoms with E-state index in [1.54, 1.807) is 0 Å². The molecule has 0 aliphatic heterocycles. The van der Waals surface area contributed by atoms with Crippen molar-refractivity contribution >= 4 is 28.3 Å². The van der Waals surface area contributed by atoms with Gasteiger partial charge in [0.15, 0.2) is 0 Å². The Morgan fingerprint density at radius 3 is 2.47 bits per heavy atom. The molecule has 5 heteroatoms. The summed E-state index contributed by atoms with van der Waals surface area (Å²) in [6, 6.07) is 22.0. The Kier molecular flexibility index (Phi) is 4.94. The summed E-state index contributed by atoms with van der Waals surface area (Å²) in [5.74, 6) is 0.595. The number of aryl methyl sites for hydroxylation is 3. The molecule has 0 spiro atoms. The Labute approximate surface area is 186 Å². The van der Waals surface area contributed by atoms with E-state index in [-0.39, 0.29) is 12.3 Å². The molecule has 0 atom stereocenters. The highest BCUT2D eigenvalue weighted by Crippen LogP contribution is 2.30. The van der Waals surface area contributed by atoms with Crippen LogP contribution in [-0.2, 0) is 11.2 Å². The molecule has 1 N–H and O–H groups in total. The van der Waals surface area contributed by atoms with E-state index in [0.29, 0.717) is 5.82 Å². The van der Waals surface area contributed by atoms with Crippen LogP contribution >= 0.6 is 0 Å². The number of carbonyl (C=O) groups is 1. The van der Waals surface area contributed by atoms with E-state index in [0.717, 1.165) is 50.2 Å². The molecule has 3 aromatic heterocycles. The maximum Gasteiger partial charge on any atom is 0.230 e. The summed E-state index contributed by atoms with van der Waals surface area (Å²) in [5.41, 5.74) is 7.51. The van der Waals surface area contributed by atoms with E-state index in [2.05, 4.69) is 18.3 Å². The number of aromatic nitrogens is 3. The summed E-state index contributed by atoms with van der Waals surface area (Å²) < 4.78 is 1.95. The molecular formula is C27H24N4O. The number of nitrogens with zero attached hydrogens (tertiary/aromatic N) is 3. The second-order valence-corrected chi connectivity index (χ2v) is 8.10. The zero-order valence-corrected chi connectivity index (χ0v) is 18.4. The van der Waals surface area contributed by atoms with Gasteiger partial charge in [-0.2, -0.15) is 0 Å². The van der Waals surface area contributed by atoms with Crippen LogP contribution in [-0.4, -0.2) is 20.3 Å². The van der Waals surface area contributed by atoms with Crippen LogP contribution in [0.2, 0.25) is 0 Å². The molecule has 0 bridgehead atoms. The minimum atomic E-state index is -0.0891. The van der Waals surface area contributed by atoms with Gasteiger partial charge in [-0.05, 0) is 49.6 Å². The predicted octanol–water partition coefficient (Wildman–Crippen LogP) is 5.66. The fourth-order valence-electron chi connectivity index (χ4n) is 4.29. The molecule has 158 valence electrons. The maximum absolute atomic E-state index is 13.3. The highest BCUT2D eigenvalue weighted by molar-refractivity contribution is 5.97. The average Bonchev–Trinajstić information content (AvgIpc) is 3.17. The van der Waals surface area contributed by atoms with Gasteiger partial charge in [0.2, 0.25) is 5.91 Å². The second-order valence-electron chi connectivity index (χ2n) is 8.10. The number of hydrogen-bond donors (Lipinski definition) is 1. The van der Waals surface area contributed by atoms with E-state index < -0.39 is 0 Å². The SMILES string of the molecule is Cc1nc2ccccc2c(C)c1CC(=O)Nc1c(-c2ccccc2)nc2c(C)cccn12. The molecule has 1 amide bonds. The topological polar surface area (TPSA) is 59.3 Å². The highest BCUT2D eigenvalue weighted by atomic mass is 16.1. The number of fused-ring (bicyclic) bond motifs is 2. The van der Waals surface area contributed by atoms with Crippen LogP contribution in [0.3, 0.4) is 0 Å². The number of para-hydroxylation sites is 1. The van der Waals surface area contributed by atoms with Gasteiger partial charge in [-0.3, -0.25) is 14.2 Å². The number of hydrogen-bond acceptors (Lipinski definition) is 3. The highest BCUT2D eigenvalue weighted by Gasteiger charge is 2.19. The van der Waals surface area contributed by atoms with Crippen LogP contribution in [0.15, 0.2) is 72.9 Å². The molecule has 0 fully saturated rings. The van der Waals surface area contributed by atoms with Gasteiger partial charge in [0.1, 0.15) is 17.2 Å². The van der Waals surface area contributed by atoms with Crippen LogP contribution in [0.25, 0.3) is 27.8 Å². The summed E-state index contributed by atoms with van der Waals surface area (Å²) in [7, 11) is 0. The molecule has 5 aromatic rings. The molecule has 0 saturated carbocycles. The molecule has 32 heavy (non-hydrogen) atoms. The summed E-state index contributed by atoms with van der Waals surface area (Å²) in [6.45, 7) is 6.05. The predicted molar refractivity (Wildman–Crippen MR) is 129 cm³/mol. The van der Waals surface area contributed by atoms with Crippen LogP contribution in [0.4, 0.5) is 5.82 Å². The van der Waals surface area contributed by atoms with Gasteiger partial charge in [0.05, 0.1) is 11.9 Å². The number of pyridine rings is 2. The Balaban J connectivity index is 1.55. The van der Waals surface area contributed by atoms with Gasteiger partial charge < -0.3 is 5.32 Å². The van der Waals surface area contributed by atoms with Crippen molar-refractivity contribution in [1.29, 1.82) is 0 Å². The number of nitrogens with one attached hydrogen (secondary N) is 1. The molecule has 0 aliphatic rings. The number of rotatable bonds is 4. The molecular weight excluding hydrogens is 396 g/mol. The van der Waals surface area contributed by atoms with Crippen molar-refractivity contribution in [3.05, 3.63) is 95.3 Å². The second kappa shape index (κ2) is 7.93. The van der Waals surface area contributed by atoms with Crippen molar-refractivity contribution in [2.75, 3.05) is 5.32 Å². The van der Waals surface area contributed by atoms with Crippen LogP contribution in [0, 0.1) is 20.8 Å². The zero-order chi connectivity index (χ0) is 22.2. The number of anilines is 1. The Hall–Kier alpha value is -3.99. The molecule has 2 aromatic carbocycles. The lowest BCUT2D eigenvalue weighted by molar-refractivity contribution is -0.115. The van der Waals surface area contributed by atoms with E-state index in [9.17, 15) is 4.79 Å². The van der Waals surface area contributed by atoms with E-state index in [1.807, 2.05) is 85.1 Å². The Bertz CT molecular complexity index is 1470. The summed E-state index contributed by atoms with van der Waals surface area (Å²) in [6.07, 6.45) is 2.19. The van der Waals surface area contributed by atoms with E-state index in [1.165, 1.54) is 0 Å². The molecule has 0 saturated heterocycles. The summed E-state index contributed by atoms with van der Waals surface area (Å²) >= 11 is 0. The van der Waals surface area contributed by atoms with E-state index >= 15 is 0 Å². The number of benzene rings is 2. The lowest BCUT2D eigenvalue weighted by Gasteiger charge is -2.13. The lowest BCUT2D eigenvalue weighted by Crippen LogP contribution is -2.18. The third-order valence-electron chi connectivity index (χ3n) is 5.97. The summed E-state index contributed by atoms with van der Waals surface area (Å²) in [5, 5.41) is 4.22. The zero-order valence-electron chi connectivity index (χ0n) is 18.4. The van der Waals surface area contributed by atoms with Crippen LogP contribution < -0.4 is 5.32 Å². The number of amides is 1. The van der Waals surface area contributed by atoms with Crippen molar-refractivity contribution in [2.24, 2.45) is 0 Å². The van der Waals surface area contributed by atoms with Gasteiger partial charge in [-0.25, -0.2) is 4.98 Å². The largest absolute Gasteiger partial charge is 0.310 e. The van der Waals surface area contributed by atoms with Gasteiger partial charge in [0.25, 0.3) is 0 Å². The minimum absolute atomic E-state index is 0.0891. The normalized spacial score (nSPS) is 11.2. The van der Waals surface area contributed by atoms with Crippen LogP contribution in [0.1, 0.15) is 22.4 Å². The Morgan fingerprint density at radius 2 is 1.66 bits per heavy atom. The van der Waals surface area contributed by atoms with Gasteiger partial charge in [0, 0.05) is 22.8 Å². The van der Waals surface area contributed by atoms with Crippen LogP contribution in [0.5, 0.6) is 0 Å². The Morgan fingerprint density at radius 1 is 0.906 bits per heavy atom. The van der Waals surface area contributed by atoms with Gasteiger partial charge >= 0.3 is 0 Å². The lowest BCUT2D eigenvalue weighted by atomic mass is 9.99. The van der Waals surface area contributed by atoms with E-state index in [4.69, 9.17) is 9.97 Å². The third kappa shape index (κ3) is 3.42. The van der Waals surface area contributed by atoms with Crippen molar-refractivity contribution in [1.82, 2.24) is 14.4 Å². The first-order valence-electron chi connectivity index (χ1n) is 10.7. The monoisotopic (exact) mass is 420 g/mol. The average molecular weight is 421 g/mol. The van der Waals surface area contributed by atoms with Gasteiger partial charge in [-0.15, -0.1) is 0 Å². The quantitative estimate of drug-likeness (QED) is 0.408. The van der Waals surface area contributed by atoms with Gasteiger partial charge in [-0.1, -0.05) is 54.6 Å². The molecule has 0 radical (unpaired) electrons. The molecule has 3 heterocycles. The molecule has 5 rings (SSSR count). The minimum Gasteiger partial charge on any atom is -0.310 e. The van der Waals surface area contributed by atoms with Crippen molar-refractivity contribution in [2.45, 2.75) is 27.2 Å². The standard InChI is InChI=1S/C27H24N4O/c1-17-10-9-15-31-26(17)30-25(20-11-5-4-6-12-20)27(31)29-24(32)16-22-18(2)21-13-7-8-14-23(21)28-19(22)3/h4-15H,16H2,1-3H3,(H,29,32). The summed E-state index contributed by atoms with van der Waals surface area (Å²) in [4.78, 5) is 22.8.